The molecule has 19 heavy (non-hydrogen) atoms. The zero-order chi connectivity index (χ0) is 13.8. The van der Waals surface area contributed by atoms with E-state index >= 15 is 0 Å². The Hall–Kier alpha value is -1.13. The molecular weight excluding hydrogens is 236 g/mol. The second kappa shape index (κ2) is 6.35. The van der Waals surface area contributed by atoms with E-state index in [1.165, 1.54) is 6.42 Å². The third kappa shape index (κ3) is 3.45. The number of aromatic nitrogens is 1. The van der Waals surface area contributed by atoms with E-state index in [0.717, 1.165) is 37.6 Å². The molecule has 1 aliphatic heterocycles. The monoisotopic (exact) mass is 262 g/mol. The highest BCUT2D eigenvalue weighted by Gasteiger charge is 2.21. The van der Waals surface area contributed by atoms with Crippen LogP contribution in [-0.4, -0.2) is 42.1 Å². The van der Waals surface area contributed by atoms with Crippen LogP contribution in [0.5, 0.6) is 0 Å². The first-order valence-corrected chi connectivity index (χ1v) is 7.32. The molecule has 0 spiro atoms. The van der Waals surface area contributed by atoms with E-state index in [1.807, 2.05) is 19.2 Å². The van der Waals surface area contributed by atoms with E-state index in [4.69, 9.17) is 5.73 Å². The molecule has 0 amide bonds. The van der Waals surface area contributed by atoms with Crippen LogP contribution in [0.2, 0.25) is 0 Å². The minimum atomic E-state index is 0.0724. The average Bonchev–Trinajstić information content (AvgIpc) is 2.46. The molecule has 106 valence electrons. The topological polar surface area (TPSA) is 45.4 Å². The van der Waals surface area contributed by atoms with Crippen LogP contribution >= 0.6 is 0 Å². The Balaban J connectivity index is 1.99. The summed E-state index contributed by atoms with van der Waals surface area (Å²) >= 11 is 0. The van der Waals surface area contributed by atoms with Gasteiger partial charge in [-0.25, -0.2) is 4.98 Å². The minimum Gasteiger partial charge on any atom is -0.354 e. The van der Waals surface area contributed by atoms with Crippen LogP contribution in [0.1, 0.15) is 38.8 Å². The predicted octanol–water partition coefficient (Wildman–Crippen LogP) is 2.02. The number of hydrogen-bond acceptors (Lipinski definition) is 4. The first-order chi connectivity index (χ1) is 9.11. The molecule has 0 aromatic carbocycles. The van der Waals surface area contributed by atoms with Crippen LogP contribution < -0.4 is 10.6 Å². The van der Waals surface area contributed by atoms with E-state index in [2.05, 4.69) is 34.7 Å². The SMILES string of the molecule is CCC(C)N1CCN(c2cc([C@H](C)N)ccn2)CC1. The van der Waals surface area contributed by atoms with Crippen molar-refractivity contribution in [2.24, 2.45) is 5.73 Å². The van der Waals surface area contributed by atoms with Gasteiger partial charge in [-0.3, -0.25) is 4.90 Å². The highest BCUT2D eigenvalue weighted by Crippen LogP contribution is 2.19. The first-order valence-electron chi connectivity index (χ1n) is 7.32. The Kier molecular flexibility index (Phi) is 4.77. The lowest BCUT2D eigenvalue weighted by Crippen LogP contribution is -2.49. The number of anilines is 1. The molecular formula is C15H26N4. The number of hydrogen-bond donors (Lipinski definition) is 1. The quantitative estimate of drug-likeness (QED) is 0.902. The van der Waals surface area contributed by atoms with Gasteiger partial charge in [0.1, 0.15) is 5.82 Å². The fourth-order valence-corrected chi connectivity index (χ4v) is 2.54. The Morgan fingerprint density at radius 3 is 2.53 bits per heavy atom. The Morgan fingerprint density at radius 1 is 1.26 bits per heavy atom. The summed E-state index contributed by atoms with van der Waals surface area (Å²) in [6.07, 6.45) is 3.09. The zero-order valence-electron chi connectivity index (χ0n) is 12.3. The first kappa shape index (κ1) is 14.3. The van der Waals surface area contributed by atoms with Gasteiger partial charge in [-0.1, -0.05) is 6.92 Å². The Morgan fingerprint density at radius 2 is 1.95 bits per heavy atom. The molecule has 1 aliphatic rings. The highest BCUT2D eigenvalue weighted by atomic mass is 15.3. The molecule has 1 saturated heterocycles. The zero-order valence-corrected chi connectivity index (χ0v) is 12.3. The Labute approximate surface area is 116 Å². The summed E-state index contributed by atoms with van der Waals surface area (Å²) in [6.45, 7) is 10.9. The van der Waals surface area contributed by atoms with Crippen molar-refractivity contribution in [3.63, 3.8) is 0 Å². The van der Waals surface area contributed by atoms with Crippen molar-refractivity contribution in [2.45, 2.75) is 39.3 Å². The van der Waals surface area contributed by atoms with Gasteiger partial charge in [0.15, 0.2) is 0 Å². The molecule has 1 fully saturated rings. The van der Waals surface area contributed by atoms with Crippen molar-refractivity contribution in [3.05, 3.63) is 23.9 Å². The number of nitrogens with zero attached hydrogens (tertiary/aromatic N) is 3. The van der Waals surface area contributed by atoms with Crippen molar-refractivity contribution in [1.82, 2.24) is 9.88 Å². The Bertz CT molecular complexity index is 397. The van der Waals surface area contributed by atoms with Crippen molar-refractivity contribution in [2.75, 3.05) is 31.1 Å². The number of nitrogens with two attached hydrogens (primary N) is 1. The molecule has 0 radical (unpaired) electrons. The van der Waals surface area contributed by atoms with Gasteiger partial charge in [-0.2, -0.15) is 0 Å². The van der Waals surface area contributed by atoms with E-state index < -0.39 is 0 Å². The van der Waals surface area contributed by atoms with Crippen molar-refractivity contribution < 1.29 is 0 Å². The van der Waals surface area contributed by atoms with Gasteiger partial charge in [0.25, 0.3) is 0 Å². The van der Waals surface area contributed by atoms with Crippen molar-refractivity contribution in [1.29, 1.82) is 0 Å². The van der Waals surface area contributed by atoms with Gasteiger partial charge in [0, 0.05) is 44.5 Å². The summed E-state index contributed by atoms with van der Waals surface area (Å²) in [5.41, 5.74) is 7.10. The second-order valence-electron chi connectivity index (χ2n) is 5.52. The van der Waals surface area contributed by atoms with Gasteiger partial charge in [0.05, 0.1) is 0 Å². The van der Waals surface area contributed by atoms with Crippen molar-refractivity contribution in [3.8, 4) is 0 Å². The maximum Gasteiger partial charge on any atom is 0.128 e. The van der Waals surface area contributed by atoms with E-state index in [0.29, 0.717) is 6.04 Å². The molecule has 4 heteroatoms. The molecule has 2 atom stereocenters. The molecule has 2 rings (SSSR count). The van der Waals surface area contributed by atoms with Crippen LogP contribution in [0.4, 0.5) is 5.82 Å². The van der Waals surface area contributed by atoms with Crippen LogP contribution in [0.25, 0.3) is 0 Å². The van der Waals surface area contributed by atoms with E-state index in [-0.39, 0.29) is 6.04 Å². The number of pyridine rings is 1. The smallest absolute Gasteiger partial charge is 0.128 e. The summed E-state index contributed by atoms with van der Waals surface area (Å²) in [7, 11) is 0. The molecule has 2 heterocycles. The maximum absolute atomic E-state index is 5.94. The van der Waals surface area contributed by atoms with Gasteiger partial charge >= 0.3 is 0 Å². The molecule has 1 unspecified atom stereocenters. The van der Waals surface area contributed by atoms with Crippen LogP contribution in [0.3, 0.4) is 0 Å². The largest absolute Gasteiger partial charge is 0.354 e. The predicted molar refractivity (Wildman–Crippen MR) is 80.4 cm³/mol. The molecule has 2 N–H and O–H groups in total. The lowest BCUT2D eigenvalue weighted by molar-refractivity contribution is 0.192. The summed E-state index contributed by atoms with van der Waals surface area (Å²) < 4.78 is 0. The fraction of sp³-hybridized carbons (Fsp3) is 0.667. The fourth-order valence-electron chi connectivity index (χ4n) is 2.54. The molecule has 1 aromatic rings. The summed E-state index contributed by atoms with van der Waals surface area (Å²) in [6, 6.07) is 4.89. The highest BCUT2D eigenvalue weighted by molar-refractivity contribution is 5.42. The minimum absolute atomic E-state index is 0.0724. The van der Waals surface area contributed by atoms with E-state index in [1.54, 1.807) is 0 Å². The molecule has 4 nitrogen and oxygen atoms in total. The van der Waals surface area contributed by atoms with Crippen LogP contribution in [0, 0.1) is 0 Å². The van der Waals surface area contributed by atoms with Crippen LogP contribution in [-0.2, 0) is 0 Å². The summed E-state index contributed by atoms with van der Waals surface area (Å²) in [4.78, 5) is 9.41. The molecule has 1 aromatic heterocycles. The van der Waals surface area contributed by atoms with Gasteiger partial charge < -0.3 is 10.6 Å². The molecule has 0 aliphatic carbocycles. The van der Waals surface area contributed by atoms with Gasteiger partial charge in [0.2, 0.25) is 0 Å². The molecule has 0 saturated carbocycles. The second-order valence-corrected chi connectivity index (χ2v) is 5.52. The third-order valence-electron chi connectivity index (χ3n) is 4.15. The lowest BCUT2D eigenvalue weighted by atomic mass is 10.1. The normalized spacial score (nSPS) is 20.3. The summed E-state index contributed by atoms with van der Waals surface area (Å²) in [5, 5.41) is 0. The van der Waals surface area contributed by atoms with Crippen molar-refractivity contribution >= 4 is 5.82 Å². The summed E-state index contributed by atoms with van der Waals surface area (Å²) in [5.74, 6) is 1.07. The standard InChI is InChI=1S/C15H26N4/c1-4-12(2)18-7-9-19(10-8-18)15-11-14(13(3)16)5-6-17-15/h5-6,11-13H,4,7-10,16H2,1-3H3/t12?,13-/m0/s1. The number of rotatable bonds is 4. The van der Waals surface area contributed by atoms with Gasteiger partial charge in [-0.15, -0.1) is 0 Å². The van der Waals surface area contributed by atoms with Gasteiger partial charge in [-0.05, 0) is 38.0 Å². The number of piperazine rings is 1. The average molecular weight is 262 g/mol. The third-order valence-corrected chi connectivity index (χ3v) is 4.15. The van der Waals surface area contributed by atoms with Crippen LogP contribution in [0.15, 0.2) is 18.3 Å². The molecule has 0 bridgehead atoms. The lowest BCUT2D eigenvalue weighted by Gasteiger charge is -2.38. The van der Waals surface area contributed by atoms with E-state index in [9.17, 15) is 0 Å². The maximum atomic E-state index is 5.94.